The first-order chi connectivity index (χ1) is 20.5. The predicted octanol–water partition coefficient (Wildman–Crippen LogP) is 2.57. The molecule has 0 spiro atoms. The van der Waals surface area contributed by atoms with Gasteiger partial charge in [0.2, 0.25) is 10.0 Å². The van der Waals surface area contributed by atoms with Crippen LogP contribution in [0.2, 0.25) is 0 Å². The molecular formula is C29H44N8O6S. The van der Waals surface area contributed by atoms with Crippen LogP contribution in [-0.2, 0) is 29.6 Å². The number of rotatable bonds is 11. The van der Waals surface area contributed by atoms with E-state index >= 15 is 0 Å². The van der Waals surface area contributed by atoms with Crippen molar-refractivity contribution in [2.75, 3.05) is 36.1 Å². The van der Waals surface area contributed by atoms with Crippen LogP contribution in [-0.4, -0.2) is 87.0 Å². The van der Waals surface area contributed by atoms with Gasteiger partial charge in [0.05, 0.1) is 24.0 Å². The molecule has 2 aromatic heterocycles. The summed E-state index contributed by atoms with van der Waals surface area (Å²) in [5, 5.41) is 13.8. The average Bonchev–Trinajstić information content (AvgIpc) is 3.57. The normalized spacial score (nSPS) is 24.2. The predicted molar refractivity (Wildman–Crippen MR) is 167 cm³/mol. The Hall–Kier alpha value is -3.08. The van der Waals surface area contributed by atoms with E-state index in [1.165, 1.54) is 16.9 Å². The molecule has 44 heavy (non-hydrogen) atoms. The van der Waals surface area contributed by atoms with Gasteiger partial charge in [-0.05, 0) is 56.2 Å². The number of ether oxygens (including phenoxy) is 3. The van der Waals surface area contributed by atoms with E-state index in [9.17, 15) is 13.5 Å². The van der Waals surface area contributed by atoms with Gasteiger partial charge < -0.3 is 36.1 Å². The molecule has 1 aromatic carbocycles. The summed E-state index contributed by atoms with van der Waals surface area (Å²) < 4.78 is 47.6. The third kappa shape index (κ3) is 6.92. The van der Waals surface area contributed by atoms with Gasteiger partial charge in [0.25, 0.3) is 0 Å². The Bertz CT molecular complexity index is 1590. The lowest BCUT2D eigenvalue weighted by Crippen LogP contribution is -2.42. The first-order valence-corrected chi connectivity index (χ1v) is 16.6. The van der Waals surface area contributed by atoms with Crippen LogP contribution in [0.4, 0.5) is 17.2 Å². The molecule has 0 aliphatic carbocycles. The summed E-state index contributed by atoms with van der Waals surface area (Å²) in [6.07, 6.45) is 2.42. The molecule has 0 saturated carbocycles. The van der Waals surface area contributed by atoms with E-state index in [0.29, 0.717) is 41.8 Å². The van der Waals surface area contributed by atoms with Crippen LogP contribution < -0.4 is 16.8 Å². The molecule has 0 amide bonds. The maximum Gasteiger partial charge on any atom is 0.211 e. The third-order valence-electron chi connectivity index (χ3n) is 8.02. The number of aliphatic hydroxyl groups excluding tert-OH is 1. The smallest absolute Gasteiger partial charge is 0.211 e. The summed E-state index contributed by atoms with van der Waals surface area (Å²) >= 11 is 0. The largest absolute Gasteiger partial charge is 0.397 e. The Kier molecular flexibility index (Phi) is 8.83. The number of nitrogens with zero attached hydrogens (tertiary/aromatic N) is 5. The van der Waals surface area contributed by atoms with Crippen molar-refractivity contribution in [1.82, 2.24) is 23.8 Å². The summed E-state index contributed by atoms with van der Waals surface area (Å²) in [4.78, 5) is 12.7. The Morgan fingerprint density at radius 1 is 1.14 bits per heavy atom. The Morgan fingerprint density at radius 3 is 2.57 bits per heavy atom. The van der Waals surface area contributed by atoms with Gasteiger partial charge in [-0.3, -0.25) is 4.57 Å². The van der Waals surface area contributed by atoms with E-state index in [-0.39, 0.29) is 24.3 Å². The van der Waals surface area contributed by atoms with E-state index in [2.05, 4.69) is 41.0 Å². The quantitative estimate of drug-likeness (QED) is 0.137. The summed E-state index contributed by atoms with van der Waals surface area (Å²) in [5.41, 5.74) is 15.3. The van der Waals surface area contributed by atoms with Gasteiger partial charge in [-0.2, -0.15) is 4.31 Å². The number of anilines is 3. The van der Waals surface area contributed by atoms with Gasteiger partial charge in [0.1, 0.15) is 36.4 Å². The van der Waals surface area contributed by atoms with E-state index in [1.54, 1.807) is 10.9 Å². The lowest BCUT2D eigenvalue weighted by Gasteiger charge is -2.28. The molecule has 2 aliphatic heterocycles. The molecule has 2 aliphatic rings. The highest BCUT2D eigenvalue weighted by Crippen LogP contribution is 2.44. The number of nitrogens with two attached hydrogens (primary N) is 2. The second kappa shape index (κ2) is 12.0. The number of aromatic nitrogens is 4. The minimum atomic E-state index is -3.59. The van der Waals surface area contributed by atoms with Crippen molar-refractivity contribution in [2.24, 2.45) is 0 Å². The highest BCUT2D eigenvalue weighted by molar-refractivity contribution is 7.88. The van der Waals surface area contributed by atoms with Crippen molar-refractivity contribution in [1.29, 1.82) is 0 Å². The number of hydrogen-bond acceptors (Lipinski definition) is 12. The van der Waals surface area contributed by atoms with Crippen LogP contribution in [0.1, 0.15) is 65.7 Å². The molecule has 4 heterocycles. The Labute approximate surface area is 258 Å². The van der Waals surface area contributed by atoms with Crippen molar-refractivity contribution in [3.63, 3.8) is 0 Å². The molecule has 15 heteroatoms. The van der Waals surface area contributed by atoms with Gasteiger partial charge in [-0.15, -0.1) is 0 Å². The van der Waals surface area contributed by atoms with E-state index < -0.39 is 46.6 Å². The zero-order valence-corrected chi connectivity index (χ0v) is 26.9. The fourth-order valence-corrected chi connectivity index (χ4v) is 6.58. The van der Waals surface area contributed by atoms with Crippen molar-refractivity contribution in [3.05, 3.63) is 36.4 Å². The minimum absolute atomic E-state index is 0.0619. The molecule has 5 rings (SSSR count). The van der Waals surface area contributed by atoms with Gasteiger partial charge >= 0.3 is 0 Å². The third-order valence-corrected chi connectivity index (χ3v) is 9.29. The first kappa shape index (κ1) is 32.3. The topological polar surface area (TPSA) is 193 Å². The molecule has 0 radical (unpaired) electrons. The number of sulfonamides is 1. The Balaban J connectivity index is 1.23. The van der Waals surface area contributed by atoms with Gasteiger partial charge in [-0.1, -0.05) is 26.8 Å². The number of aliphatic hydroxyl groups is 1. The summed E-state index contributed by atoms with van der Waals surface area (Å²) in [6, 6.07) is 5.77. The highest BCUT2D eigenvalue weighted by Gasteiger charge is 2.56. The molecule has 2 saturated heterocycles. The summed E-state index contributed by atoms with van der Waals surface area (Å²) in [5.74, 6) is -0.649. The Morgan fingerprint density at radius 2 is 1.86 bits per heavy atom. The summed E-state index contributed by atoms with van der Waals surface area (Å²) in [7, 11) is -3.59. The molecule has 6 N–H and O–H groups in total. The molecule has 1 unspecified atom stereocenters. The number of hydrogen-bond donors (Lipinski definition) is 4. The monoisotopic (exact) mass is 632 g/mol. The molecule has 3 aromatic rings. The van der Waals surface area contributed by atoms with Crippen LogP contribution in [0.15, 0.2) is 30.9 Å². The SMILES string of the molecule is CC1(C)O[C@@H]2[C@H](O1)[C@@H](CN(CCCCC(O)Nc1cc(C(C)(C)C)ccc1N)S(C)(=O)=O)O[C@H]2n1cnc2c(N)ncnc21. The van der Waals surface area contributed by atoms with Crippen LogP contribution >= 0.6 is 0 Å². The van der Waals surface area contributed by atoms with Crippen molar-refractivity contribution >= 4 is 38.4 Å². The number of nitrogens with one attached hydrogen (secondary N) is 1. The van der Waals surface area contributed by atoms with E-state index in [4.69, 9.17) is 25.7 Å². The lowest BCUT2D eigenvalue weighted by atomic mass is 9.86. The zero-order chi connectivity index (χ0) is 32.0. The number of imidazole rings is 1. The molecule has 242 valence electrons. The molecule has 0 bridgehead atoms. The van der Waals surface area contributed by atoms with Crippen molar-refractivity contribution < 1.29 is 27.7 Å². The zero-order valence-electron chi connectivity index (χ0n) is 26.1. The lowest BCUT2D eigenvalue weighted by molar-refractivity contribution is -0.196. The number of nitrogen functional groups attached to an aromatic ring is 2. The van der Waals surface area contributed by atoms with Crippen molar-refractivity contribution in [2.45, 2.75) is 95.9 Å². The van der Waals surface area contributed by atoms with Crippen LogP contribution in [0, 0.1) is 0 Å². The van der Waals surface area contributed by atoms with Crippen molar-refractivity contribution in [3.8, 4) is 0 Å². The van der Waals surface area contributed by atoms with Gasteiger partial charge in [-0.25, -0.2) is 23.4 Å². The van der Waals surface area contributed by atoms with Gasteiger partial charge in [0, 0.05) is 13.1 Å². The number of benzene rings is 1. The van der Waals surface area contributed by atoms with Crippen LogP contribution in [0.25, 0.3) is 11.2 Å². The van der Waals surface area contributed by atoms with E-state index in [1.807, 2.05) is 32.0 Å². The van der Waals surface area contributed by atoms with Crippen LogP contribution in [0.5, 0.6) is 0 Å². The maximum atomic E-state index is 12.9. The fourth-order valence-electron chi connectivity index (χ4n) is 5.70. The number of unbranched alkanes of at least 4 members (excludes halogenated alkanes) is 1. The van der Waals surface area contributed by atoms with Crippen LogP contribution in [0.3, 0.4) is 0 Å². The molecule has 5 atom stereocenters. The standard InChI is InChI=1S/C29H44N8O6S/c1-28(2,3)17-10-11-18(30)19(13-17)35-21(38)9-7-8-12-36(44(6,39)40)14-20-23-24(43-29(4,5)42-23)27(41-20)37-16-34-22-25(31)32-15-33-26(22)37/h10-11,13,15-16,20-21,23-24,27,35,38H,7-9,12,14,30H2,1-6H3,(H2,31,32,33)/t20-,21?,23-,24-,27-/m1/s1. The minimum Gasteiger partial charge on any atom is -0.397 e. The fraction of sp³-hybridized carbons (Fsp3) is 0.621. The highest BCUT2D eigenvalue weighted by atomic mass is 32.2. The molecular weight excluding hydrogens is 588 g/mol. The number of fused-ring (bicyclic) bond motifs is 2. The first-order valence-electron chi connectivity index (χ1n) is 14.8. The molecule has 14 nitrogen and oxygen atoms in total. The van der Waals surface area contributed by atoms with Gasteiger partial charge in [0.15, 0.2) is 23.5 Å². The van der Waals surface area contributed by atoms with E-state index in [0.717, 1.165) is 5.56 Å². The second-order valence-corrected chi connectivity index (χ2v) is 15.0. The summed E-state index contributed by atoms with van der Waals surface area (Å²) in [6.45, 7) is 10.3. The second-order valence-electron chi connectivity index (χ2n) is 13.0. The maximum absolute atomic E-state index is 12.9. The molecule has 2 fully saturated rings. The average molecular weight is 633 g/mol.